The van der Waals surface area contributed by atoms with E-state index in [0.29, 0.717) is 6.54 Å². The zero-order valence-corrected chi connectivity index (χ0v) is 18.8. The Kier molecular flexibility index (Phi) is 6.30. The van der Waals surface area contributed by atoms with Crippen molar-refractivity contribution in [2.45, 2.75) is 12.6 Å². The summed E-state index contributed by atoms with van der Waals surface area (Å²) in [5, 5.41) is 12.9. The largest absolute Gasteiger partial charge is 0.497 e. The monoisotopic (exact) mass is 441 g/mol. The minimum atomic E-state index is 0.0486. The summed E-state index contributed by atoms with van der Waals surface area (Å²) in [6.07, 6.45) is 0. The van der Waals surface area contributed by atoms with Gasteiger partial charge in [0.1, 0.15) is 5.75 Å². The lowest BCUT2D eigenvalue weighted by Crippen LogP contribution is -3.15. The number of hydrogen-bond acceptors (Lipinski definition) is 5. The van der Waals surface area contributed by atoms with E-state index in [4.69, 9.17) is 4.74 Å². The molecule has 0 unspecified atom stereocenters. The van der Waals surface area contributed by atoms with Gasteiger partial charge in [0.25, 0.3) is 0 Å². The number of ether oxygens (including phenoxy) is 1. The van der Waals surface area contributed by atoms with Crippen LogP contribution in [0.1, 0.15) is 23.0 Å². The van der Waals surface area contributed by atoms with Gasteiger partial charge in [0.2, 0.25) is 5.82 Å². The van der Waals surface area contributed by atoms with E-state index in [9.17, 15) is 0 Å². The van der Waals surface area contributed by atoms with E-state index in [1.165, 1.54) is 21.7 Å². The van der Waals surface area contributed by atoms with Crippen LogP contribution in [-0.4, -0.2) is 53.5 Å². The van der Waals surface area contributed by atoms with Gasteiger partial charge in [0, 0.05) is 11.3 Å². The maximum atomic E-state index is 5.39. The summed E-state index contributed by atoms with van der Waals surface area (Å²) in [5.74, 6) is 1.75. The summed E-state index contributed by atoms with van der Waals surface area (Å²) in [6.45, 7) is 4.64. The molecule has 2 heterocycles. The maximum Gasteiger partial charge on any atom is 0.214 e. The summed E-state index contributed by atoms with van der Waals surface area (Å²) in [5.41, 5.74) is 3.66. The first-order valence-electron chi connectivity index (χ1n) is 11.4. The molecule has 5 rings (SSSR count). The van der Waals surface area contributed by atoms with E-state index >= 15 is 0 Å². The average Bonchev–Trinajstić information content (AvgIpc) is 3.33. The molecule has 0 amide bonds. The van der Waals surface area contributed by atoms with Crippen LogP contribution >= 0.6 is 0 Å². The van der Waals surface area contributed by atoms with Gasteiger partial charge in [-0.25, -0.2) is 4.68 Å². The Morgan fingerprint density at radius 2 is 1.55 bits per heavy atom. The van der Waals surface area contributed by atoms with E-state index in [-0.39, 0.29) is 6.04 Å². The van der Waals surface area contributed by atoms with Crippen molar-refractivity contribution < 1.29 is 9.64 Å². The highest BCUT2D eigenvalue weighted by Gasteiger charge is 2.34. The van der Waals surface area contributed by atoms with Crippen LogP contribution in [0.15, 0.2) is 84.9 Å². The van der Waals surface area contributed by atoms with Crippen molar-refractivity contribution in [1.82, 2.24) is 20.2 Å². The Bertz CT molecular complexity index is 1140. The van der Waals surface area contributed by atoms with Gasteiger partial charge < -0.3 is 14.5 Å². The van der Waals surface area contributed by atoms with E-state index in [2.05, 4.69) is 75.0 Å². The molecule has 3 aromatic carbocycles. The zero-order chi connectivity index (χ0) is 22.5. The van der Waals surface area contributed by atoms with Crippen molar-refractivity contribution in [3.63, 3.8) is 0 Å². The molecule has 1 N–H and O–H groups in total. The second kappa shape index (κ2) is 9.83. The number of methoxy groups -OCH3 is 1. The fourth-order valence-electron chi connectivity index (χ4n) is 4.63. The van der Waals surface area contributed by atoms with E-state index in [1.54, 1.807) is 7.11 Å². The van der Waals surface area contributed by atoms with E-state index < -0.39 is 0 Å². The van der Waals surface area contributed by atoms with Crippen molar-refractivity contribution in [1.29, 1.82) is 0 Å². The van der Waals surface area contributed by atoms with Crippen LogP contribution in [0.25, 0.3) is 0 Å². The van der Waals surface area contributed by atoms with Crippen molar-refractivity contribution in [3.05, 3.63) is 102 Å². The van der Waals surface area contributed by atoms with Gasteiger partial charge in [0.05, 0.1) is 39.8 Å². The van der Waals surface area contributed by atoms with E-state index in [0.717, 1.165) is 37.8 Å². The number of nitrogens with zero attached hydrogens (tertiary/aromatic N) is 5. The zero-order valence-electron chi connectivity index (χ0n) is 18.8. The Balaban J connectivity index is 1.43. The lowest BCUT2D eigenvalue weighted by atomic mass is 10.0. The normalized spacial score (nSPS) is 15.4. The summed E-state index contributed by atoms with van der Waals surface area (Å²) in [6, 6.07) is 29.4. The lowest BCUT2D eigenvalue weighted by molar-refractivity contribution is -0.927. The summed E-state index contributed by atoms with van der Waals surface area (Å²) < 4.78 is 7.34. The molecule has 7 nitrogen and oxygen atoms in total. The van der Waals surface area contributed by atoms with E-state index in [1.807, 2.05) is 35.0 Å². The second-order valence-corrected chi connectivity index (χ2v) is 8.37. The molecular weight excluding hydrogens is 412 g/mol. The SMILES string of the molecule is COc1ccc([C@H](c2nnnn2Cc2ccccc2)[NH+]2CCN(c3ccccc3)CC2)cc1. The molecule has 0 spiro atoms. The third-order valence-corrected chi connectivity index (χ3v) is 6.38. The van der Waals surface area contributed by atoms with Crippen molar-refractivity contribution in [2.24, 2.45) is 0 Å². The number of quaternary nitrogens is 1. The van der Waals surface area contributed by atoms with Gasteiger partial charge in [-0.3, -0.25) is 0 Å². The third kappa shape index (κ3) is 4.73. The second-order valence-electron chi connectivity index (χ2n) is 8.37. The number of aromatic nitrogens is 4. The predicted octanol–water partition coefficient (Wildman–Crippen LogP) is 2.22. The van der Waals surface area contributed by atoms with Gasteiger partial charge in [-0.15, -0.1) is 5.10 Å². The summed E-state index contributed by atoms with van der Waals surface area (Å²) in [7, 11) is 1.70. The number of piperazine rings is 1. The number of tetrazole rings is 1. The van der Waals surface area contributed by atoms with Gasteiger partial charge in [-0.2, -0.15) is 0 Å². The molecule has 0 aliphatic carbocycles. The average molecular weight is 442 g/mol. The van der Waals surface area contributed by atoms with Crippen LogP contribution in [0.4, 0.5) is 5.69 Å². The summed E-state index contributed by atoms with van der Waals surface area (Å²) >= 11 is 0. The van der Waals surface area contributed by atoms with Crippen LogP contribution < -0.4 is 14.5 Å². The Morgan fingerprint density at radius 1 is 0.879 bits per heavy atom. The first kappa shape index (κ1) is 21.2. The highest BCUT2D eigenvalue weighted by Crippen LogP contribution is 2.22. The minimum absolute atomic E-state index is 0.0486. The highest BCUT2D eigenvalue weighted by atomic mass is 16.5. The fourth-order valence-corrected chi connectivity index (χ4v) is 4.63. The van der Waals surface area contributed by atoms with Crippen LogP contribution in [0.3, 0.4) is 0 Å². The van der Waals surface area contributed by atoms with Crippen LogP contribution in [0.2, 0.25) is 0 Å². The number of hydrogen-bond donors (Lipinski definition) is 1. The first-order valence-corrected chi connectivity index (χ1v) is 11.4. The lowest BCUT2D eigenvalue weighted by Gasteiger charge is -2.37. The fraction of sp³-hybridized carbons (Fsp3) is 0.269. The van der Waals surface area contributed by atoms with Gasteiger partial charge in [0.15, 0.2) is 6.04 Å². The maximum absolute atomic E-state index is 5.39. The number of anilines is 1. The molecule has 1 fully saturated rings. The Morgan fingerprint density at radius 3 is 2.21 bits per heavy atom. The molecule has 168 valence electrons. The molecule has 1 aliphatic heterocycles. The topological polar surface area (TPSA) is 60.5 Å². The van der Waals surface area contributed by atoms with Gasteiger partial charge in [-0.05, 0) is 52.4 Å². The number of benzene rings is 3. The summed E-state index contributed by atoms with van der Waals surface area (Å²) in [4.78, 5) is 3.93. The highest BCUT2D eigenvalue weighted by molar-refractivity contribution is 5.46. The Labute approximate surface area is 194 Å². The molecule has 0 bridgehead atoms. The van der Waals surface area contributed by atoms with Crippen molar-refractivity contribution in [3.8, 4) is 5.75 Å². The molecule has 1 atom stereocenters. The molecule has 0 radical (unpaired) electrons. The molecule has 1 aromatic heterocycles. The standard InChI is InChI=1S/C26H28N6O/c1-33-24-14-12-22(13-15-24)25(26-27-28-29-32(26)20-21-8-4-2-5-9-21)31-18-16-30(17-19-31)23-10-6-3-7-11-23/h2-15,25H,16-20H2,1H3/p+1/t25-/m1/s1. The molecule has 1 saturated heterocycles. The predicted molar refractivity (Wildman–Crippen MR) is 128 cm³/mol. The molecule has 1 aliphatic rings. The quantitative estimate of drug-likeness (QED) is 0.477. The molecule has 33 heavy (non-hydrogen) atoms. The number of nitrogens with one attached hydrogen (secondary N) is 1. The van der Waals surface area contributed by atoms with Crippen molar-refractivity contribution >= 4 is 5.69 Å². The van der Waals surface area contributed by atoms with Crippen LogP contribution in [0.5, 0.6) is 5.75 Å². The molecule has 4 aromatic rings. The van der Waals surface area contributed by atoms with Gasteiger partial charge >= 0.3 is 0 Å². The number of para-hydroxylation sites is 1. The van der Waals surface area contributed by atoms with Crippen LogP contribution in [-0.2, 0) is 6.54 Å². The molecule has 7 heteroatoms. The van der Waals surface area contributed by atoms with Crippen molar-refractivity contribution in [2.75, 3.05) is 38.2 Å². The molecule has 0 saturated carbocycles. The first-order chi connectivity index (χ1) is 16.3. The van der Waals surface area contributed by atoms with Gasteiger partial charge in [-0.1, -0.05) is 48.5 Å². The third-order valence-electron chi connectivity index (χ3n) is 6.38. The minimum Gasteiger partial charge on any atom is -0.497 e. The molecular formula is C26H29N6O+. The van der Waals surface area contributed by atoms with Crippen LogP contribution in [0, 0.1) is 0 Å². The smallest absolute Gasteiger partial charge is 0.214 e. The Hall–Kier alpha value is -3.71. The number of rotatable bonds is 7.